The van der Waals surface area contributed by atoms with Gasteiger partial charge >= 0.3 is 0 Å². The van der Waals surface area contributed by atoms with E-state index in [9.17, 15) is 9.59 Å². The minimum atomic E-state index is -0.431. The van der Waals surface area contributed by atoms with Crippen LogP contribution in [0.5, 0.6) is 5.75 Å². The Balaban J connectivity index is 1.04. The molecule has 8 rings (SSSR count). The van der Waals surface area contributed by atoms with Crippen molar-refractivity contribution in [2.45, 2.75) is 38.3 Å². The van der Waals surface area contributed by atoms with Gasteiger partial charge in [0.05, 0.1) is 24.4 Å². The summed E-state index contributed by atoms with van der Waals surface area (Å²) >= 11 is 0. The van der Waals surface area contributed by atoms with E-state index in [1.54, 1.807) is 39.1 Å². The van der Waals surface area contributed by atoms with Gasteiger partial charge < -0.3 is 24.4 Å². The lowest BCUT2D eigenvalue weighted by Gasteiger charge is -2.35. The lowest BCUT2D eigenvalue weighted by atomic mass is 9.93. The number of halogens is 1. The van der Waals surface area contributed by atoms with Crippen molar-refractivity contribution < 1.29 is 18.7 Å². The molecule has 2 aromatic carbocycles. The molecule has 11 nitrogen and oxygen atoms in total. The molecule has 1 N–H and O–H groups in total. The number of benzene rings is 2. The Hall–Kier alpha value is -5.52. The van der Waals surface area contributed by atoms with E-state index in [1.165, 1.54) is 0 Å². The molecule has 0 spiro atoms. The van der Waals surface area contributed by atoms with Crippen molar-refractivity contribution in [3.63, 3.8) is 0 Å². The molecule has 0 bridgehead atoms. The van der Waals surface area contributed by atoms with Crippen molar-refractivity contribution in [3.05, 3.63) is 96.3 Å². The highest BCUT2D eigenvalue weighted by Crippen LogP contribution is 2.37. The first-order chi connectivity index (χ1) is 24.0. The molecule has 5 heterocycles. The molecule has 1 saturated heterocycles. The minimum absolute atomic E-state index is 0.0200. The van der Waals surface area contributed by atoms with E-state index < -0.39 is 5.82 Å². The molecule has 12 heteroatoms. The number of nitrogens with zero attached hydrogens (tertiary/aromatic N) is 7. The van der Waals surface area contributed by atoms with Crippen LogP contribution in [0.15, 0.2) is 79.3 Å². The Morgan fingerprint density at radius 3 is 2.55 bits per heavy atom. The highest BCUT2D eigenvalue weighted by atomic mass is 19.1. The molecule has 2 amide bonds. The minimum Gasteiger partial charge on any atom is -0.487 e. The Morgan fingerprint density at radius 1 is 0.939 bits per heavy atom. The molecule has 2 aliphatic heterocycles. The van der Waals surface area contributed by atoms with Gasteiger partial charge in [-0.2, -0.15) is 0 Å². The zero-order valence-electron chi connectivity index (χ0n) is 27.1. The third-order valence-corrected chi connectivity index (χ3v) is 9.48. The fraction of sp³-hybridized carbons (Fsp3) is 0.324. The van der Waals surface area contributed by atoms with E-state index in [0.717, 1.165) is 41.1 Å². The van der Waals surface area contributed by atoms with Crippen LogP contribution in [0.25, 0.3) is 27.6 Å². The van der Waals surface area contributed by atoms with E-state index in [0.29, 0.717) is 68.9 Å². The third-order valence-electron chi connectivity index (χ3n) is 9.48. The number of nitrogens with one attached hydrogen (secondary N) is 1. The van der Waals surface area contributed by atoms with Crippen molar-refractivity contribution in [2.75, 3.05) is 44.2 Å². The van der Waals surface area contributed by atoms with Crippen LogP contribution in [0.4, 0.5) is 10.2 Å². The molecule has 1 saturated carbocycles. The Labute approximate surface area is 283 Å². The molecule has 0 atom stereocenters. The average Bonchev–Trinajstić information content (AvgIpc) is 3.59. The van der Waals surface area contributed by atoms with Crippen LogP contribution in [-0.2, 0) is 11.3 Å². The molecule has 0 unspecified atom stereocenters. The third kappa shape index (κ3) is 6.38. The molecular formula is C37H37FN8O3. The quantitative estimate of drug-likeness (QED) is 0.232. The van der Waals surface area contributed by atoms with Gasteiger partial charge in [-0.25, -0.2) is 9.37 Å². The van der Waals surface area contributed by atoms with Crippen molar-refractivity contribution in [2.24, 2.45) is 0 Å². The van der Waals surface area contributed by atoms with Crippen LogP contribution in [0.2, 0.25) is 0 Å². The van der Waals surface area contributed by atoms with Gasteiger partial charge in [0.25, 0.3) is 5.91 Å². The second-order valence-corrected chi connectivity index (χ2v) is 12.8. The van der Waals surface area contributed by atoms with Crippen LogP contribution in [0.1, 0.15) is 41.7 Å². The number of aromatic amines is 1. The molecule has 2 fully saturated rings. The van der Waals surface area contributed by atoms with Crippen LogP contribution in [-0.4, -0.2) is 91.9 Å². The number of carbonyl (C=O) groups is 2. The number of H-pyrrole nitrogens is 1. The zero-order valence-corrected chi connectivity index (χ0v) is 27.1. The number of hydrogen-bond acceptors (Lipinski definition) is 7. The van der Waals surface area contributed by atoms with Crippen molar-refractivity contribution in [1.29, 1.82) is 0 Å². The Morgan fingerprint density at radius 2 is 1.78 bits per heavy atom. The number of pyridine rings is 1. The fourth-order valence-corrected chi connectivity index (χ4v) is 6.71. The summed E-state index contributed by atoms with van der Waals surface area (Å²) in [6.45, 7) is 3.52. The number of amides is 2. The van der Waals surface area contributed by atoms with Gasteiger partial charge in [0.2, 0.25) is 5.91 Å². The number of carbonyl (C=O) groups excluding carboxylic acids is 2. The van der Waals surface area contributed by atoms with E-state index in [2.05, 4.69) is 25.2 Å². The summed E-state index contributed by atoms with van der Waals surface area (Å²) in [6.07, 6.45) is 10.4. The maximum absolute atomic E-state index is 16.6. The van der Waals surface area contributed by atoms with Gasteiger partial charge in [-0.3, -0.25) is 14.3 Å². The first-order valence-corrected chi connectivity index (χ1v) is 16.9. The molecular weight excluding hydrogens is 623 g/mol. The first-order valence-electron chi connectivity index (χ1n) is 16.9. The highest BCUT2D eigenvalue weighted by molar-refractivity contribution is 6.04. The summed E-state index contributed by atoms with van der Waals surface area (Å²) in [4.78, 5) is 40.5. The van der Waals surface area contributed by atoms with E-state index in [1.807, 2.05) is 54.6 Å². The largest absolute Gasteiger partial charge is 0.487 e. The summed E-state index contributed by atoms with van der Waals surface area (Å²) in [7, 11) is 0. The number of fused-ring (bicyclic) bond motifs is 1. The molecule has 250 valence electrons. The van der Waals surface area contributed by atoms with Crippen LogP contribution >= 0.6 is 0 Å². The van der Waals surface area contributed by atoms with Gasteiger partial charge in [-0.05, 0) is 60.2 Å². The standard InChI is InChI=1S/C37H37FN8O3/c38-34-29(26-8-5-15-45(24-26)33(47)12-16-46-17-14-40-42-46)22-28(25-6-2-1-3-7-25)30-23-31(41-35(30)34)37(48)44-20-18-43(19-21-44)36-32(9-4-13-39-36)49-27-10-11-27/h1-4,6-9,13-14,17,22-23,27,41H,5,10-12,15-16,18-21,24H2. The Bertz CT molecular complexity index is 2010. The second kappa shape index (κ2) is 13.2. The molecule has 1 aliphatic carbocycles. The summed E-state index contributed by atoms with van der Waals surface area (Å²) in [5, 5.41) is 8.38. The smallest absolute Gasteiger partial charge is 0.270 e. The SMILES string of the molecule is O=C(CCn1ccnn1)N1CCC=C(c2cc(-c3ccccc3)c3cc(C(=O)N4CCN(c5ncccc5OC5CC5)CC4)[nH]c3c2F)C1. The fourth-order valence-electron chi connectivity index (χ4n) is 6.71. The monoisotopic (exact) mass is 660 g/mol. The lowest BCUT2D eigenvalue weighted by Crippen LogP contribution is -2.49. The average molecular weight is 661 g/mol. The maximum atomic E-state index is 16.6. The van der Waals surface area contributed by atoms with Gasteiger partial charge in [0.1, 0.15) is 5.69 Å². The van der Waals surface area contributed by atoms with Gasteiger partial charge in [-0.15, -0.1) is 5.10 Å². The second-order valence-electron chi connectivity index (χ2n) is 12.8. The van der Waals surface area contributed by atoms with Gasteiger partial charge in [0, 0.05) is 69.0 Å². The van der Waals surface area contributed by atoms with Crippen LogP contribution in [0, 0.1) is 5.82 Å². The molecule has 3 aromatic heterocycles. The maximum Gasteiger partial charge on any atom is 0.270 e. The normalized spacial score (nSPS) is 16.6. The predicted molar refractivity (Wildman–Crippen MR) is 184 cm³/mol. The number of anilines is 1. The van der Waals surface area contributed by atoms with Gasteiger partial charge in [-0.1, -0.05) is 41.6 Å². The van der Waals surface area contributed by atoms with E-state index in [-0.39, 0.29) is 29.9 Å². The summed E-state index contributed by atoms with van der Waals surface area (Å²) in [5.41, 5.74) is 3.53. The zero-order chi connectivity index (χ0) is 33.3. The van der Waals surface area contributed by atoms with Gasteiger partial charge in [0.15, 0.2) is 17.4 Å². The summed E-state index contributed by atoms with van der Waals surface area (Å²) in [6, 6.07) is 17.3. The van der Waals surface area contributed by atoms with E-state index >= 15 is 4.39 Å². The molecule has 5 aromatic rings. The number of aryl methyl sites for hydroxylation is 1. The highest BCUT2D eigenvalue weighted by Gasteiger charge is 2.30. The summed E-state index contributed by atoms with van der Waals surface area (Å²) in [5.74, 6) is 0.968. The summed E-state index contributed by atoms with van der Waals surface area (Å²) < 4.78 is 24.3. The predicted octanol–water partition coefficient (Wildman–Crippen LogP) is 5.17. The van der Waals surface area contributed by atoms with Crippen LogP contribution in [0.3, 0.4) is 0 Å². The number of rotatable bonds is 9. The first kappa shape index (κ1) is 30.8. The van der Waals surface area contributed by atoms with Crippen LogP contribution < -0.4 is 9.64 Å². The topological polar surface area (TPSA) is 112 Å². The number of ether oxygens (including phenoxy) is 1. The number of aromatic nitrogens is 5. The molecule has 3 aliphatic rings. The number of hydrogen-bond donors (Lipinski definition) is 1. The van der Waals surface area contributed by atoms with Crippen molar-refractivity contribution in [1.82, 2.24) is 34.8 Å². The lowest BCUT2D eigenvalue weighted by molar-refractivity contribution is -0.131. The Kier molecular flexibility index (Phi) is 8.28. The van der Waals surface area contributed by atoms with Crippen molar-refractivity contribution >= 4 is 34.1 Å². The molecule has 0 radical (unpaired) electrons. The molecule has 49 heavy (non-hydrogen) atoms. The van der Waals surface area contributed by atoms with E-state index in [4.69, 9.17) is 4.74 Å². The number of piperazine rings is 1. The van der Waals surface area contributed by atoms with Crippen molar-refractivity contribution in [3.8, 4) is 16.9 Å².